The minimum absolute atomic E-state index is 0.00842. The standard InChI is InChI=1S/C28H30N4O/c1-21-6-5-7-25(18-21)32-20-30-26-19-24(12-13-27(26)32)22-8-10-23(11-9-22)28(33)29-14-17-31-15-3-2-4-16-31/h5-13,18-20H,2-4,14-17H2,1H3,(H,29,33). The molecule has 0 radical (unpaired) electrons. The van der Waals surface area contributed by atoms with Gasteiger partial charge in [0.2, 0.25) is 0 Å². The van der Waals surface area contributed by atoms with Gasteiger partial charge < -0.3 is 10.2 Å². The number of aryl methyl sites for hydroxylation is 1. The zero-order valence-corrected chi connectivity index (χ0v) is 19.1. The number of rotatable bonds is 6. The highest BCUT2D eigenvalue weighted by molar-refractivity contribution is 5.94. The highest BCUT2D eigenvalue weighted by Crippen LogP contribution is 2.26. The van der Waals surface area contributed by atoms with Crippen LogP contribution in [0.25, 0.3) is 27.8 Å². The summed E-state index contributed by atoms with van der Waals surface area (Å²) in [5.74, 6) is -0.00842. The minimum atomic E-state index is -0.00842. The van der Waals surface area contributed by atoms with Gasteiger partial charge in [0.15, 0.2) is 0 Å². The molecule has 168 valence electrons. The smallest absolute Gasteiger partial charge is 0.251 e. The molecule has 33 heavy (non-hydrogen) atoms. The molecule has 1 N–H and O–H groups in total. The van der Waals surface area contributed by atoms with Crippen LogP contribution in [0, 0.1) is 6.92 Å². The molecule has 0 atom stereocenters. The number of hydrogen-bond acceptors (Lipinski definition) is 3. The summed E-state index contributed by atoms with van der Waals surface area (Å²) in [6.45, 7) is 6.02. The molecule has 5 heteroatoms. The van der Waals surface area contributed by atoms with Crippen molar-refractivity contribution in [3.05, 3.63) is 84.2 Å². The van der Waals surface area contributed by atoms with Crippen molar-refractivity contribution >= 4 is 16.9 Å². The summed E-state index contributed by atoms with van der Waals surface area (Å²) in [6, 6.07) is 22.6. The maximum absolute atomic E-state index is 12.5. The number of piperidine rings is 1. The molecular weight excluding hydrogens is 408 g/mol. The Morgan fingerprint density at radius 1 is 0.939 bits per heavy atom. The van der Waals surface area contributed by atoms with E-state index in [1.165, 1.54) is 24.8 Å². The molecule has 0 aliphatic carbocycles. The fraction of sp³-hybridized carbons (Fsp3) is 0.286. The molecule has 0 spiro atoms. The average Bonchev–Trinajstić information content (AvgIpc) is 3.28. The van der Waals surface area contributed by atoms with Crippen LogP contribution in [0.5, 0.6) is 0 Å². The van der Waals surface area contributed by atoms with Crippen molar-refractivity contribution in [2.24, 2.45) is 0 Å². The summed E-state index contributed by atoms with van der Waals surface area (Å²) >= 11 is 0. The quantitative estimate of drug-likeness (QED) is 0.449. The van der Waals surface area contributed by atoms with E-state index in [-0.39, 0.29) is 5.91 Å². The predicted molar refractivity (Wildman–Crippen MR) is 134 cm³/mol. The second kappa shape index (κ2) is 9.59. The number of imidazole rings is 1. The first kappa shape index (κ1) is 21.4. The highest BCUT2D eigenvalue weighted by Gasteiger charge is 2.11. The van der Waals surface area contributed by atoms with Crippen LogP contribution < -0.4 is 5.32 Å². The van der Waals surface area contributed by atoms with Gasteiger partial charge in [-0.25, -0.2) is 4.98 Å². The molecule has 2 heterocycles. The number of likely N-dealkylation sites (tertiary alicyclic amines) is 1. The van der Waals surface area contributed by atoms with E-state index in [1.54, 1.807) is 0 Å². The van der Waals surface area contributed by atoms with Crippen LogP contribution in [-0.2, 0) is 0 Å². The molecule has 1 aliphatic heterocycles. The lowest BCUT2D eigenvalue weighted by Crippen LogP contribution is -2.37. The van der Waals surface area contributed by atoms with E-state index in [0.717, 1.165) is 47.5 Å². The zero-order chi connectivity index (χ0) is 22.6. The molecule has 4 aromatic rings. The SMILES string of the molecule is Cc1cccc(-n2cnc3cc(-c4ccc(C(=O)NCCN5CCCCC5)cc4)ccc32)c1. The summed E-state index contributed by atoms with van der Waals surface area (Å²) in [5, 5.41) is 3.06. The predicted octanol–water partition coefficient (Wildman–Crippen LogP) is 5.22. The van der Waals surface area contributed by atoms with Gasteiger partial charge in [-0.15, -0.1) is 0 Å². The molecule has 0 unspecified atom stereocenters. The molecular formula is C28H30N4O. The third-order valence-corrected chi connectivity index (χ3v) is 6.47. The van der Waals surface area contributed by atoms with Gasteiger partial charge in [-0.05, 0) is 85.9 Å². The number of nitrogens with zero attached hydrogens (tertiary/aromatic N) is 3. The van der Waals surface area contributed by atoms with Crippen LogP contribution in [0.4, 0.5) is 0 Å². The molecule has 5 rings (SSSR count). The maximum atomic E-state index is 12.5. The average molecular weight is 439 g/mol. The van der Waals surface area contributed by atoms with Gasteiger partial charge in [0, 0.05) is 24.3 Å². The molecule has 1 fully saturated rings. The third-order valence-electron chi connectivity index (χ3n) is 6.47. The van der Waals surface area contributed by atoms with Crippen LogP contribution >= 0.6 is 0 Å². The molecule has 0 bridgehead atoms. The monoisotopic (exact) mass is 438 g/mol. The number of fused-ring (bicyclic) bond motifs is 1. The zero-order valence-electron chi connectivity index (χ0n) is 19.1. The lowest BCUT2D eigenvalue weighted by molar-refractivity contribution is 0.0946. The Hall–Kier alpha value is -3.44. The van der Waals surface area contributed by atoms with Crippen LogP contribution in [0.1, 0.15) is 35.2 Å². The van der Waals surface area contributed by atoms with Crippen LogP contribution in [0.15, 0.2) is 73.1 Å². The Morgan fingerprint density at radius 2 is 1.73 bits per heavy atom. The molecule has 1 aromatic heterocycles. The molecule has 5 nitrogen and oxygen atoms in total. The largest absolute Gasteiger partial charge is 0.351 e. The van der Waals surface area contributed by atoms with E-state index in [4.69, 9.17) is 0 Å². The lowest BCUT2D eigenvalue weighted by atomic mass is 10.0. The van der Waals surface area contributed by atoms with Crippen molar-refractivity contribution < 1.29 is 4.79 Å². The first-order valence-electron chi connectivity index (χ1n) is 11.8. The molecule has 1 saturated heterocycles. The lowest BCUT2D eigenvalue weighted by Gasteiger charge is -2.26. The van der Waals surface area contributed by atoms with E-state index in [1.807, 2.05) is 30.6 Å². The number of carbonyl (C=O) groups is 1. The fourth-order valence-electron chi connectivity index (χ4n) is 4.60. The Labute approximate surface area is 195 Å². The summed E-state index contributed by atoms with van der Waals surface area (Å²) in [6.07, 6.45) is 5.75. The van der Waals surface area contributed by atoms with Gasteiger partial charge >= 0.3 is 0 Å². The van der Waals surface area contributed by atoms with Gasteiger partial charge in [0.1, 0.15) is 6.33 Å². The van der Waals surface area contributed by atoms with Crippen LogP contribution in [0.2, 0.25) is 0 Å². The van der Waals surface area contributed by atoms with Crippen molar-refractivity contribution in [1.82, 2.24) is 19.8 Å². The van der Waals surface area contributed by atoms with Gasteiger partial charge in [-0.1, -0.05) is 36.8 Å². The topological polar surface area (TPSA) is 50.2 Å². The van der Waals surface area contributed by atoms with Gasteiger partial charge in [-0.3, -0.25) is 9.36 Å². The molecule has 3 aromatic carbocycles. The van der Waals surface area contributed by atoms with Crippen molar-refractivity contribution in [1.29, 1.82) is 0 Å². The summed E-state index contributed by atoms with van der Waals surface area (Å²) in [4.78, 5) is 19.6. The van der Waals surface area contributed by atoms with E-state index in [0.29, 0.717) is 12.1 Å². The summed E-state index contributed by atoms with van der Waals surface area (Å²) < 4.78 is 2.11. The fourth-order valence-corrected chi connectivity index (χ4v) is 4.60. The summed E-state index contributed by atoms with van der Waals surface area (Å²) in [5.41, 5.74) is 7.23. The van der Waals surface area contributed by atoms with E-state index in [2.05, 4.69) is 69.2 Å². The normalized spacial score (nSPS) is 14.5. The number of aromatic nitrogens is 2. The van der Waals surface area contributed by atoms with Crippen LogP contribution in [-0.4, -0.2) is 46.5 Å². The molecule has 1 aliphatic rings. The van der Waals surface area contributed by atoms with Crippen molar-refractivity contribution in [3.8, 4) is 16.8 Å². The van der Waals surface area contributed by atoms with Gasteiger partial charge in [-0.2, -0.15) is 0 Å². The Morgan fingerprint density at radius 3 is 2.52 bits per heavy atom. The number of hydrogen-bond donors (Lipinski definition) is 1. The number of amides is 1. The van der Waals surface area contributed by atoms with Crippen LogP contribution in [0.3, 0.4) is 0 Å². The Balaban J connectivity index is 1.26. The first-order chi connectivity index (χ1) is 16.2. The maximum Gasteiger partial charge on any atom is 0.251 e. The second-order valence-corrected chi connectivity index (χ2v) is 8.89. The first-order valence-corrected chi connectivity index (χ1v) is 11.8. The van der Waals surface area contributed by atoms with Gasteiger partial charge in [0.05, 0.1) is 11.0 Å². The van der Waals surface area contributed by atoms with E-state index < -0.39 is 0 Å². The van der Waals surface area contributed by atoms with E-state index >= 15 is 0 Å². The molecule has 1 amide bonds. The summed E-state index contributed by atoms with van der Waals surface area (Å²) in [7, 11) is 0. The number of benzene rings is 3. The molecule has 0 saturated carbocycles. The van der Waals surface area contributed by atoms with Gasteiger partial charge in [0.25, 0.3) is 5.91 Å². The Bertz CT molecular complexity index is 1250. The third kappa shape index (κ3) is 4.83. The number of carbonyl (C=O) groups excluding carboxylic acids is 1. The highest BCUT2D eigenvalue weighted by atomic mass is 16.1. The number of nitrogens with one attached hydrogen (secondary N) is 1. The van der Waals surface area contributed by atoms with E-state index in [9.17, 15) is 4.79 Å². The second-order valence-electron chi connectivity index (χ2n) is 8.89. The Kier molecular flexibility index (Phi) is 6.22. The van der Waals surface area contributed by atoms with Crippen molar-refractivity contribution in [2.45, 2.75) is 26.2 Å². The van der Waals surface area contributed by atoms with Crippen molar-refractivity contribution in [3.63, 3.8) is 0 Å². The van der Waals surface area contributed by atoms with Crippen molar-refractivity contribution in [2.75, 3.05) is 26.2 Å². The minimum Gasteiger partial charge on any atom is -0.351 e.